The number of benzene rings is 1. The van der Waals surface area contributed by atoms with Gasteiger partial charge in [0.25, 0.3) is 6.01 Å². The molecule has 1 amide bonds. The highest BCUT2D eigenvalue weighted by Gasteiger charge is 2.27. The van der Waals surface area contributed by atoms with Gasteiger partial charge in [0.2, 0.25) is 5.91 Å². The largest absolute Gasteiger partial charge is 0.423 e. The van der Waals surface area contributed by atoms with Crippen LogP contribution >= 0.6 is 11.6 Å². The van der Waals surface area contributed by atoms with Crippen molar-refractivity contribution in [2.45, 2.75) is 38.5 Å². The first-order valence-corrected chi connectivity index (χ1v) is 10.0. The molecular weight excluding hydrogens is 350 g/mol. The van der Waals surface area contributed by atoms with Gasteiger partial charge in [-0.25, -0.2) is 0 Å². The van der Waals surface area contributed by atoms with Crippen LogP contribution < -0.4 is 4.90 Å². The molecule has 0 bridgehead atoms. The van der Waals surface area contributed by atoms with E-state index in [2.05, 4.69) is 9.88 Å². The molecule has 0 spiro atoms. The Morgan fingerprint density at radius 2 is 2.12 bits per heavy atom. The minimum Gasteiger partial charge on any atom is -0.423 e. The Morgan fingerprint density at radius 1 is 1.31 bits per heavy atom. The van der Waals surface area contributed by atoms with Crippen LogP contribution in [0.3, 0.4) is 0 Å². The van der Waals surface area contributed by atoms with Crippen molar-refractivity contribution in [3.05, 3.63) is 23.2 Å². The van der Waals surface area contributed by atoms with E-state index in [1.807, 2.05) is 24.1 Å². The Bertz CT molecular complexity index is 786. The van der Waals surface area contributed by atoms with Crippen LogP contribution in [0.4, 0.5) is 6.01 Å². The van der Waals surface area contributed by atoms with Crippen molar-refractivity contribution < 1.29 is 9.21 Å². The second kappa shape index (κ2) is 7.47. The fourth-order valence-electron chi connectivity index (χ4n) is 3.99. The van der Waals surface area contributed by atoms with Crippen molar-refractivity contribution in [1.29, 1.82) is 0 Å². The SMILES string of the molecule is CN(CC1CCC1)C(=O)CC1CCCN(c2nc3ccc(Cl)cc3o2)C1. The van der Waals surface area contributed by atoms with Gasteiger partial charge in [-0.3, -0.25) is 4.79 Å². The predicted octanol–water partition coefficient (Wildman–Crippen LogP) is 4.35. The molecule has 1 saturated carbocycles. The number of oxazole rings is 1. The van der Waals surface area contributed by atoms with Crippen LogP contribution in [0.15, 0.2) is 22.6 Å². The summed E-state index contributed by atoms with van der Waals surface area (Å²) < 4.78 is 5.90. The molecule has 1 aliphatic heterocycles. The highest BCUT2D eigenvalue weighted by atomic mass is 35.5. The number of piperidine rings is 1. The lowest BCUT2D eigenvalue weighted by atomic mass is 9.85. The van der Waals surface area contributed by atoms with E-state index in [4.69, 9.17) is 16.0 Å². The third-order valence-electron chi connectivity index (χ3n) is 5.77. The fraction of sp³-hybridized carbons (Fsp3) is 0.600. The number of fused-ring (bicyclic) bond motifs is 1. The van der Waals surface area contributed by atoms with Crippen molar-refractivity contribution in [1.82, 2.24) is 9.88 Å². The lowest BCUT2D eigenvalue weighted by Crippen LogP contribution is -2.40. The van der Waals surface area contributed by atoms with Gasteiger partial charge in [-0.05, 0) is 49.7 Å². The summed E-state index contributed by atoms with van der Waals surface area (Å²) in [6.45, 7) is 2.66. The molecule has 1 aromatic carbocycles. The summed E-state index contributed by atoms with van der Waals surface area (Å²) in [5.41, 5.74) is 1.54. The number of hydrogen-bond acceptors (Lipinski definition) is 4. The summed E-state index contributed by atoms with van der Waals surface area (Å²) in [5, 5.41) is 0.650. The number of anilines is 1. The summed E-state index contributed by atoms with van der Waals surface area (Å²) in [6.07, 6.45) is 6.63. The molecule has 2 heterocycles. The summed E-state index contributed by atoms with van der Waals surface area (Å²) in [6, 6.07) is 6.15. The van der Waals surface area contributed by atoms with Crippen LogP contribution in [-0.2, 0) is 4.79 Å². The third-order valence-corrected chi connectivity index (χ3v) is 6.01. The van der Waals surface area contributed by atoms with Crippen LogP contribution in [0.1, 0.15) is 38.5 Å². The zero-order valence-corrected chi connectivity index (χ0v) is 16.0. The first-order valence-electron chi connectivity index (χ1n) is 9.63. The van der Waals surface area contributed by atoms with Gasteiger partial charge in [-0.1, -0.05) is 18.0 Å². The van der Waals surface area contributed by atoms with Gasteiger partial charge < -0.3 is 14.2 Å². The molecule has 140 valence electrons. The maximum absolute atomic E-state index is 12.6. The monoisotopic (exact) mass is 375 g/mol. The highest BCUT2D eigenvalue weighted by Crippen LogP contribution is 2.30. The van der Waals surface area contributed by atoms with Crippen molar-refractivity contribution in [2.24, 2.45) is 11.8 Å². The van der Waals surface area contributed by atoms with Crippen molar-refractivity contribution >= 4 is 34.6 Å². The van der Waals surface area contributed by atoms with Gasteiger partial charge in [-0.15, -0.1) is 0 Å². The topological polar surface area (TPSA) is 49.6 Å². The van der Waals surface area contributed by atoms with Gasteiger partial charge in [0.1, 0.15) is 5.52 Å². The number of carbonyl (C=O) groups excluding carboxylic acids is 1. The second-order valence-corrected chi connectivity index (χ2v) is 8.27. The number of amides is 1. The van der Waals surface area contributed by atoms with Crippen LogP contribution in [-0.4, -0.2) is 42.5 Å². The van der Waals surface area contributed by atoms with Crippen LogP contribution in [0.25, 0.3) is 11.1 Å². The Balaban J connectivity index is 1.37. The zero-order valence-electron chi connectivity index (χ0n) is 15.3. The maximum Gasteiger partial charge on any atom is 0.298 e. The average Bonchev–Trinajstić information content (AvgIpc) is 3.01. The number of nitrogens with zero attached hydrogens (tertiary/aromatic N) is 3. The number of rotatable bonds is 5. The maximum atomic E-state index is 12.6. The average molecular weight is 376 g/mol. The van der Waals surface area contributed by atoms with E-state index < -0.39 is 0 Å². The molecule has 1 aromatic heterocycles. The van der Waals surface area contributed by atoms with Crippen LogP contribution in [0.5, 0.6) is 0 Å². The number of aromatic nitrogens is 1. The summed E-state index contributed by atoms with van der Waals surface area (Å²) in [4.78, 5) is 21.3. The summed E-state index contributed by atoms with van der Waals surface area (Å²) >= 11 is 6.03. The molecule has 0 radical (unpaired) electrons. The van der Waals surface area contributed by atoms with Crippen LogP contribution in [0.2, 0.25) is 5.02 Å². The zero-order chi connectivity index (χ0) is 18.1. The van der Waals surface area contributed by atoms with E-state index in [0.717, 1.165) is 43.9 Å². The summed E-state index contributed by atoms with van der Waals surface area (Å²) in [7, 11) is 1.95. The molecule has 0 N–H and O–H groups in total. The molecule has 2 aliphatic rings. The van der Waals surface area contributed by atoms with Crippen LogP contribution in [0, 0.1) is 11.8 Å². The molecule has 1 aliphatic carbocycles. The fourth-order valence-corrected chi connectivity index (χ4v) is 4.16. The van der Waals surface area contributed by atoms with E-state index in [9.17, 15) is 4.79 Å². The second-order valence-electron chi connectivity index (χ2n) is 7.84. The molecule has 1 unspecified atom stereocenters. The lowest BCUT2D eigenvalue weighted by Gasteiger charge is -2.34. The van der Waals surface area contributed by atoms with Crippen molar-refractivity contribution in [3.8, 4) is 0 Å². The molecular formula is C20H26ClN3O2. The number of hydrogen-bond donors (Lipinski definition) is 0. The van der Waals surface area contributed by atoms with Crippen molar-refractivity contribution in [2.75, 3.05) is 31.6 Å². The first-order chi connectivity index (χ1) is 12.6. The van der Waals surface area contributed by atoms with Gasteiger partial charge in [0.15, 0.2) is 5.58 Å². The van der Waals surface area contributed by atoms with Gasteiger partial charge >= 0.3 is 0 Å². The van der Waals surface area contributed by atoms with Gasteiger partial charge in [-0.2, -0.15) is 4.98 Å². The Labute approximate surface area is 159 Å². The molecule has 1 atom stereocenters. The minimum absolute atomic E-state index is 0.271. The minimum atomic E-state index is 0.271. The Kier molecular flexibility index (Phi) is 5.07. The lowest BCUT2D eigenvalue weighted by molar-refractivity contribution is -0.131. The first kappa shape index (κ1) is 17.7. The Hall–Kier alpha value is -1.75. The smallest absolute Gasteiger partial charge is 0.298 e. The highest BCUT2D eigenvalue weighted by molar-refractivity contribution is 6.31. The standard InChI is InChI=1S/C20H26ClN3O2/c1-23(12-14-4-2-5-14)19(25)10-15-6-3-9-24(13-15)20-22-17-8-7-16(21)11-18(17)26-20/h7-8,11,14-15H,2-6,9-10,12-13H2,1H3. The van der Waals surface area contributed by atoms with Gasteiger partial charge in [0.05, 0.1) is 0 Å². The van der Waals surface area contributed by atoms with E-state index in [0.29, 0.717) is 29.0 Å². The van der Waals surface area contributed by atoms with E-state index in [-0.39, 0.29) is 5.91 Å². The normalized spacial score (nSPS) is 21.0. The number of carbonyl (C=O) groups is 1. The van der Waals surface area contributed by atoms with E-state index in [1.165, 1.54) is 19.3 Å². The molecule has 4 rings (SSSR count). The quantitative estimate of drug-likeness (QED) is 0.779. The molecule has 2 aromatic rings. The molecule has 6 heteroatoms. The predicted molar refractivity (Wildman–Crippen MR) is 104 cm³/mol. The molecule has 26 heavy (non-hydrogen) atoms. The number of halogens is 1. The summed E-state index contributed by atoms with van der Waals surface area (Å²) in [5.74, 6) is 1.35. The van der Waals surface area contributed by atoms with Crippen molar-refractivity contribution in [3.63, 3.8) is 0 Å². The molecule has 2 fully saturated rings. The molecule has 5 nitrogen and oxygen atoms in total. The van der Waals surface area contributed by atoms with E-state index in [1.54, 1.807) is 6.07 Å². The third kappa shape index (κ3) is 3.83. The molecule has 1 saturated heterocycles. The van der Waals surface area contributed by atoms with E-state index >= 15 is 0 Å². The Morgan fingerprint density at radius 3 is 2.88 bits per heavy atom. The van der Waals surface area contributed by atoms with Gasteiger partial charge in [0, 0.05) is 44.2 Å².